The number of anilines is 1. The van der Waals surface area contributed by atoms with Crippen LogP contribution in [0.3, 0.4) is 0 Å². The minimum atomic E-state index is 0.236. The number of nitrogens with zero attached hydrogens (tertiary/aromatic N) is 2. The molecule has 5 heteroatoms. The van der Waals surface area contributed by atoms with Gasteiger partial charge in [-0.05, 0) is 19.8 Å². The fraction of sp³-hybridized carbons (Fsp3) is 0.600. The third kappa shape index (κ3) is 2.79. The molecule has 1 saturated heterocycles. The molecule has 2 rings (SSSR count). The van der Waals surface area contributed by atoms with E-state index >= 15 is 0 Å². The molecule has 1 N–H and O–H groups in total. The van der Waals surface area contributed by atoms with Crippen LogP contribution < -0.4 is 5.32 Å². The zero-order valence-electron chi connectivity index (χ0n) is 8.61. The van der Waals surface area contributed by atoms with E-state index in [1.54, 1.807) is 6.20 Å². The summed E-state index contributed by atoms with van der Waals surface area (Å²) in [6.07, 6.45) is 5.69. The van der Waals surface area contributed by atoms with Crippen LogP contribution in [-0.4, -0.2) is 28.7 Å². The van der Waals surface area contributed by atoms with Gasteiger partial charge in [0.1, 0.15) is 11.0 Å². The highest BCUT2D eigenvalue weighted by Gasteiger charge is 2.22. The first kappa shape index (κ1) is 10.6. The van der Waals surface area contributed by atoms with E-state index in [-0.39, 0.29) is 12.1 Å². The first-order valence-electron chi connectivity index (χ1n) is 5.11. The van der Waals surface area contributed by atoms with Gasteiger partial charge in [0.2, 0.25) is 0 Å². The van der Waals surface area contributed by atoms with Crippen LogP contribution in [0.2, 0.25) is 5.15 Å². The zero-order valence-corrected chi connectivity index (χ0v) is 9.37. The SMILES string of the molecule is CC(Nc1cncc(Cl)n1)C1CCCO1. The topological polar surface area (TPSA) is 47.0 Å². The van der Waals surface area contributed by atoms with Crippen molar-refractivity contribution in [3.05, 3.63) is 17.5 Å². The number of hydrogen-bond donors (Lipinski definition) is 1. The molecule has 4 nitrogen and oxygen atoms in total. The van der Waals surface area contributed by atoms with Gasteiger partial charge in [-0.2, -0.15) is 0 Å². The van der Waals surface area contributed by atoms with Gasteiger partial charge >= 0.3 is 0 Å². The van der Waals surface area contributed by atoms with E-state index in [2.05, 4.69) is 22.2 Å². The van der Waals surface area contributed by atoms with E-state index in [0.717, 1.165) is 19.4 Å². The van der Waals surface area contributed by atoms with Crippen LogP contribution in [0.15, 0.2) is 12.4 Å². The molecule has 1 aliphatic rings. The molecule has 2 atom stereocenters. The van der Waals surface area contributed by atoms with Crippen molar-refractivity contribution in [3.8, 4) is 0 Å². The summed E-state index contributed by atoms with van der Waals surface area (Å²) in [6, 6.07) is 0.236. The normalized spacial score (nSPS) is 22.7. The summed E-state index contributed by atoms with van der Waals surface area (Å²) in [7, 11) is 0. The van der Waals surface area contributed by atoms with Crippen LogP contribution in [-0.2, 0) is 4.74 Å². The van der Waals surface area contributed by atoms with E-state index in [0.29, 0.717) is 11.0 Å². The van der Waals surface area contributed by atoms with E-state index in [1.165, 1.54) is 6.20 Å². The number of hydrogen-bond acceptors (Lipinski definition) is 4. The average Bonchev–Trinajstić information content (AvgIpc) is 2.70. The Balaban J connectivity index is 1.95. The summed E-state index contributed by atoms with van der Waals surface area (Å²) < 4.78 is 5.57. The molecule has 0 amide bonds. The molecule has 0 saturated carbocycles. The molecule has 0 spiro atoms. The van der Waals surface area contributed by atoms with Crippen molar-refractivity contribution in [2.75, 3.05) is 11.9 Å². The molecule has 1 aliphatic heterocycles. The summed E-state index contributed by atoms with van der Waals surface area (Å²) in [6.45, 7) is 2.94. The smallest absolute Gasteiger partial charge is 0.149 e. The summed E-state index contributed by atoms with van der Waals surface area (Å²) in [4.78, 5) is 8.09. The fourth-order valence-electron chi connectivity index (χ4n) is 1.73. The van der Waals surface area contributed by atoms with Crippen LogP contribution in [0.1, 0.15) is 19.8 Å². The lowest BCUT2D eigenvalue weighted by atomic mass is 10.1. The maximum Gasteiger partial charge on any atom is 0.149 e. The van der Waals surface area contributed by atoms with Gasteiger partial charge in [-0.1, -0.05) is 11.6 Å². The Labute approximate surface area is 94.0 Å². The predicted octanol–water partition coefficient (Wildman–Crippen LogP) is 2.11. The third-order valence-corrected chi connectivity index (χ3v) is 2.69. The van der Waals surface area contributed by atoms with E-state index < -0.39 is 0 Å². The van der Waals surface area contributed by atoms with E-state index in [1.807, 2.05) is 0 Å². The average molecular weight is 228 g/mol. The van der Waals surface area contributed by atoms with Gasteiger partial charge < -0.3 is 10.1 Å². The Bertz CT molecular complexity index is 328. The molecule has 82 valence electrons. The number of rotatable bonds is 3. The Morgan fingerprint density at radius 3 is 3.13 bits per heavy atom. The summed E-state index contributed by atoms with van der Waals surface area (Å²) in [5.74, 6) is 0.700. The van der Waals surface area contributed by atoms with Gasteiger partial charge in [-0.15, -0.1) is 0 Å². The van der Waals surface area contributed by atoms with Crippen molar-refractivity contribution >= 4 is 17.4 Å². The van der Waals surface area contributed by atoms with Gasteiger partial charge in [-0.25, -0.2) is 4.98 Å². The molecule has 0 bridgehead atoms. The highest BCUT2D eigenvalue weighted by molar-refractivity contribution is 6.29. The summed E-state index contributed by atoms with van der Waals surface area (Å²) >= 11 is 5.74. The standard InChI is InChI=1S/C10H14ClN3O/c1-7(8-3-2-4-15-8)13-10-6-12-5-9(11)14-10/h5-8H,2-4H2,1H3,(H,13,14). The van der Waals surface area contributed by atoms with Crippen LogP contribution in [0.5, 0.6) is 0 Å². The Morgan fingerprint density at radius 2 is 2.47 bits per heavy atom. The van der Waals surface area contributed by atoms with E-state index in [9.17, 15) is 0 Å². The first-order valence-corrected chi connectivity index (χ1v) is 5.49. The lowest BCUT2D eigenvalue weighted by Gasteiger charge is -2.20. The van der Waals surface area contributed by atoms with Crippen molar-refractivity contribution < 1.29 is 4.74 Å². The van der Waals surface area contributed by atoms with Crippen molar-refractivity contribution in [3.63, 3.8) is 0 Å². The predicted molar refractivity (Wildman–Crippen MR) is 59.1 cm³/mol. The molecule has 0 aromatic carbocycles. The maximum atomic E-state index is 5.74. The lowest BCUT2D eigenvalue weighted by molar-refractivity contribution is 0.0995. The second-order valence-electron chi connectivity index (χ2n) is 3.71. The van der Waals surface area contributed by atoms with E-state index in [4.69, 9.17) is 16.3 Å². The first-order chi connectivity index (χ1) is 7.25. The zero-order chi connectivity index (χ0) is 10.7. The summed E-state index contributed by atoms with van der Waals surface area (Å²) in [5.41, 5.74) is 0. The van der Waals surface area contributed by atoms with Crippen LogP contribution in [0, 0.1) is 0 Å². The summed E-state index contributed by atoms with van der Waals surface area (Å²) in [5, 5.41) is 3.64. The maximum absolute atomic E-state index is 5.74. The molecule has 0 radical (unpaired) electrons. The molecular weight excluding hydrogens is 214 g/mol. The van der Waals surface area contributed by atoms with Gasteiger partial charge in [0.15, 0.2) is 0 Å². The molecule has 2 unspecified atom stereocenters. The van der Waals surface area contributed by atoms with Gasteiger partial charge in [-0.3, -0.25) is 4.98 Å². The minimum Gasteiger partial charge on any atom is -0.376 e. The third-order valence-electron chi connectivity index (χ3n) is 2.50. The molecule has 1 aromatic rings. The number of ether oxygens (including phenoxy) is 1. The van der Waals surface area contributed by atoms with Crippen LogP contribution >= 0.6 is 11.6 Å². The van der Waals surface area contributed by atoms with Crippen LogP contribution in [0.4, 0.5) is 5.82 Å². The molecule has 15 heavy (non-hydrogen) atoms. The second kappa shape index (κ2) is 4.77. The van der Waals surface area contributed by atoms with Gasteiger partial charge in [0, 0.05) is 6.61 Å². The fourth-order valence-corrected chi connectivity index (χ4v) is 1.88. The van der Waals surface area contributed by atoms with Gasteiger partial charge in [0.25, 0.3) is 0 Å². The highest BCUT2D eigenvalue weighted by Crippen LogP contribution is 2.18. The Morgan fingerprint density at radius 1 is 1.60 bits per heavy atom. The minimum absolute atomic E-state index is 0.236. The quantitative estimate of drug-likeness (QED) is 0.859. The van der Waals surface area contributed by atoms with Crippen LogP contribution in [0.25, 0.3) is 0 Å². The second-order valence-corrected chi connectivity index (χ2v) is 4.10. The van der Waals surface area contributed by atoms with Gasteiger partial charge in [0.05, 0.1) is 24.5 Å². The molecule has 0 aliphatic carbocycles. The number of aromatic nitrogens is 2. The monoisotopic (exact) mass is 227 g/mol. The molecular formula is C10H14ClN3O. The van der Waals surface area contributed by atoms with Crippen molar-refractivity contribution in [1.29, 1.82) is 0 Å². The van der Waals surface area contributed by atoms with Crippen molar-refractivity contribution in [2.45, 2.75) is 31.9 Å². The Hall–Kier alpha value is -0.870. The lowest BCUT2D eigenvalue weighted by Crippen LogP contribution is -2.30. The van der Waals surface area contributed by atoms with Crippen molar-refractivity contribution in [2.24, 2.45) is 0 Å². The number of halogens is 1. The molecule has 1 aromatic heterocycles. The largest absolute Gasteiger partial charge is 0.376 e. The molecule has 1 fully saturated rings. The van der Waals surface area contributed by atoms with Crippen molar-refractivity contribution in [1.82, 2.24) is 9.97 Å². The number of nitrogens with one attached hydrogen (secondary N) is 1. The highest BCUT2D eigenvalue weighted by atomic mass is 35.5. The Kier molecular flexibility index (Phi) is 3.38. The molecule has 2 heterocycles.